The molecule has 2 aliphatic rings. The van der Waals surface area contributed by atoms with E-state index in [1.54, 1.807) is 0 Å². The van der Waals surface area contributed by atoms with Crippen LogP contribution in [0.25, 0.3) is 22.6 Å². The summed E-state index contributed by atoms with van der Waals surface area (Å²) in [6, 6.07) is 4.87. The first-order valence-corrected chi connectivity index (χ1v) is 8.70. The van der Waals surface area contributed by atoms with Crippen LogP contribution in [-0.2, 0) is 6.42 Å². The molecule has 0 fully saturated rings. The van der Waals surface area contributed by atoms with Crippen molar-refractivity contribution in [2.75, 3.05) is 11.4 Å². The van der Waals surface area contributed by atoms with Crippen LogP contribution in [0.3, 0.4) is 0 Å². The minimum absolute atomic E-state index is 0.404. The second-order valence-corrected chi connectivity index (χ2v) is 6.80. The van der Waals surface area contributed by atoms with E-state index >= 15 is 0 Å². The average molecular weight is 317 g/mol. The molecule has 2 nitrogen and oxygen atoms in total. The first kappa shape index (κ1) is 15.1. The monoisotopic (exact) mass is 317 g/mol. The highest BCUT2D eigenvalue weighted by Crippen LogP contribution is 2.38. The lowest BCUT2D eigenvalue weighted by atomic mass is 9.97. The van der Waals surface area contributed by atoms with Gasteiger partial charge in [-0.3, -0.25) is 0 Å². The largest absolute Gasteiger partial charge is 0.460 e. The van der Waals surface area contributed by atoms with E-state index in [4.69, 9.17) is 4.42 Å². The number of furan rings is 1. The fourth-order valence-corrected chi connectivity index (χ4v) is 3.58. The van der Waals surface area contributed by atoms with Gasteiger partial charge in [0, 0.05) is 47.3 Å². The van der Waals surface area contributed by atoms with E-state index in [9.17, 15) is 0 Å². The van der Waals surface area contributed by atoms with Crippen molar-refractivity contribution < 1.29 is 4.42 Å². The van der Waals surface area contributed by atoms with Crippen molar-refractivity contribution in [1.29, 1.82) is 0 Å². The summed E-state index contributed by atoms with van der Waals surface area (Å²) in [5.74, 6) is 1.11. The van der Waals surface area contributed by atoms with Crippen LogP contribution in [0.5, 0.6) is 0 Å². The van der Waals surface area contributed by atoms with Crippen molar-refractivity contribution in [1.82, 2.24) is 0 Å². The van der Waals surface area contributed by atoms with Gasteiger partial charge in [-0.25, -0.2) is 0 Å². The Morgan fingerprint density at radius 1 is 1.12 bits per heavy atom. The Morgan fingerprint density at radius 3 is 2.83 bits per heavy atom. The molecule has 0 bridgehead atoms. The predicted molar refractivity (Wildman–Crippen MR) is 103 cm³/mol. The fraction of sp³-hybridized carbons (Fsp3) is 0.273. The lowest BCUT2D eigenvalue weighted by molar-refractivity contribution is 0.546. The maximum Gasteiger partial charge on any atom is 0.137 e. The number of fused-ring (bicyclic) bond motifs is 4. The molecule has 2 heterocycles. The zero-order valence-corrected chi connectivity index (χ0v) is 14.4. The number of rotatable bonds is 1. The van der Waals surface area contributed by atoms with E-state index in [2.05, 4.69) is 73.9 Å². The van der Waals surface area contributed by atoms with E-state index in [1.165, 1.54) is 22.2 Å². The highest BCUT2D eigenvalue weighted by Gasteiger charge is 2.21. The van der Waals surface area contributed by atoms with Crippen LogP contribution in [0.4, 0.5) is 5.69 Å². The van der Waals surface area contributed by atoms with Crippen LogP contribution in [0.1, 0.15) is 37.2 Å². The molecule has 0 unspecified atom stereocenters. The topological polar surface area (TPSA) is 16.4 Å². The van der Waals surface area contributed by atoms with Gasteiger partial charge in [0.1, 0.15) is 11.3 Å². The van der Waals surface area contributed by atoms with Crippen LogP contribution in [0.2, 0.25) is 0 Å². The van der Waals surface area contributed by atoms with Crippen molar-refractivity contribution in [3.05, 3.63) is 66.0 Å². The Morgan fingerprint density at radius 2 is 2.00 bits per heavy atom. The van der Waals surface area contributed by atoms with Crippen LogP contribution in [0.15, 0.2) is 53.5 Å². The molecule has 1 aromatic carbocycles. The zero-order valence-electron chi connectivity index (χ0n) is 14.4. The summed E-state index contributed by atoms with van der Waals surface area (Å²) in [6.45, 7) is 9.64. The second-order valence-electron chi connectivity index (χ2n) is 6.80. The maximum atomic E-state index is 6.18. The summed E-state index contributed by atoms with van der Waals surface area (Å²) in [4.78, 5) is 2.40. The highest BCUT2D eigenvalue weighted by molar-refractivity contribution is 5.97. The number of benzene rings is 1. The van der Waals surface area contributed by atoms with Gasteiger partial charge in [-0.1, -0.05) is 43.0 Å². The van der Waals surface area contributed by atoms with Crippen molar-refractivity contribution in [3.63, 3.8) is 0 Å². The van der Waals surface area contributed by atoms with E-state index in [0.717, 1.165) is 36.3 Å². The SMILES string of the molecule is C=C1/C=C\C=C/CN(C(C)C)c2cc3oc4c(c3cc21)C=CCC4. The molecule has 0 radical (unpaired) electrons. The normalized spacial score (nSPS) is 19.6. The number of anilines is 1. The van der Waals surface area contributed by atoms with Gasteiger partial charge in [0.05, 0.1) is 0 Å². The average Bonchev–Trinajstić information content (AvgIpc) is 2.96. The molecule has 4 rings (SSSR count). The van der Waals surface area contributed by atoms with Gasteiger partial charge < -0.3 is 9.32 Å². The number of hydrogen-bond acceptors (Lipinski definition) is 2. The van der Waals surface area contributed by atoms with Gasteiger partial charge in [0.15, 0.2) is 0 Å². The first-order valence-electron chi connectivity index (χ1n) is 8.70. The molecule has 0 spiro atoms. The van der Waals surface area contributed by atoms with Crippen LogP contribution in [-0.4, -0.2) is 12.6 Å². The third-order valence-electron chi connectivity index (χ3n) is 4.87. The molecule has 0 atom stereocenters. The summed E-state index contributed by atoms with van der Waals surface area (Å²) in [5, 5.41) is 1.20. The van der Waals surface area contributed by atoms with Crippen LogP contribution >= 0.6 is 0 Å². The van der Waals surface area contributed by atoms with Gasteiger partial charge in [-0.05, 0) is 31.9 Å². The molecular weight excluding hydrogens is 294 g/mol. The number of aryl methyl sites for hydroxylation is 1. The van der Waals surface area contributed by atoms with E-state index < -0.39 is 0 Å². The van der Waals surface area contributed by atoms with Crippen LogP contribution in [0, 0.1) is 0 Å². The van der Waals surface area contributed by atoms with Gasteiger partial charge in [-0.15, -0.1) is 0 Å². The summed E-state index contributed by atoms with van der Waals surface area (Å²) in [6.07, 6.45) is 14.9. The molecule has 1 aliphatic heterocycles. The van der Waals surface area contributed by atoms with Gasteiger partial charge in [-0.2, -0.15) is 0 Å². The zero-order chi connectivity index (χ0) is 16.7. The van der Waals surface area contributed by atoms with Gasteiger partial charge in [0.25, 0.3) is 0 Å². The molecule has 0 saturated heterocycles. The van der Waals surface area contributed by atoms with E-state index in [1.807, 2.05) is 0 Å². The predicted octanol–water partition coefficient (Wildman–Crippen LogP) is 5.75. The second kappa shape index (κ2) is 5.86. The number of nitrogens with zero attached hydrogens (tertiary/aromatic N) is 1. The summed E-state index contributed by atoms with van der Waals surface area (Å²) < 4.78 is 6.18. The molecule has 0 saturated carbocycles. The van der Waals surface area contributed by atoms with E-state index in [-0.39, 0.29) is 0 Å². The minimum atomic E-state index is 0.404. The summed E-state index contributed by atoms with van der Waals surface area (Å²) in [7, 11) is 0. The van der Waals surface area contributed by atoms with Crippen molar-refractivity contribution in [3.8, 4) is 0 Å². The van der Waals surface area contributed by atoms with Crippen LogP contribution < -0.4 is 4.90 Å². The standard InChI is InChI=1S/C22H23NO/c1-15(2)23-12-8-4-5-9-16(3)18-13-19-17-10-6-7-11-21(17)24-22(19)14-20(18)23/h4-6,8-10,13-15H,3,7,11-12H2,1-2H3/b8-4-,9-5-. The van der Waals surface area contributed by atoms with Crippen molar-refractivity contribution in [2.24, 2.45) is 0 Å². The Bertz CT molecular complexity index is 892. The molecule has 2 heteroatoms. The van der Waals surface area contributed by atoms with Gasteiger partial charge >= 0.3 is 0 Å². The van der Waals surface area contributed by atoms with E-state index in [0.29, 0.717) is 6.04 Å². The summed E-state index contributed by atoms with van der Waals surface area (Å²) >= 11 is 0. The first-order chi connectivity index (χ1) is 11.6. The highest BCUT2D eigenvalue weighted by atomic mass is 16.3. The number of allylic oxidation sites excluding steroid dienone is 5. The molecule has 1 aromatic heterocycles. The van der Waals surface area contributed by atoms with Crippen molar-refractivity contribution >= 4 is 28.3 Å². The third-order valence-corrected chi connectivity index (χ3v) is 4.87. The fourth-order valence-electron chi connectivity index (χ4n) is 3.58. The molecule has 122 valence electrons. The minimum Gasteiger partial charge on any atom is -0.460 e. The Balaban J connectivity index is 1.98. The Kier molecular flexibility index (Phi) is 3.68. The lowest BCUT2D eigenvalue weighted by Crippen LogP contribution is -2.31. The molecular formula is C22H23NO. The molecule has 24 heavy (non-hydrogen) atoms. The Labute approximate surface area is 143 Å². The quantitative estimate of drug-likeness (QED) is 0.666. The van der Waals surface area contributed by atoms with Crippen molar-refractivity contribution in [2.45, 2.75) is 32.7 Å². The van der Waals surface area contributed by atoms with Gasteiger partial charge in [0.2, 0.25) is 0 Å². The molecule has 2 aromatic rings. The maximum absolute atomic E-state index is 6.18. The summed E-state index contributed by atoms with van der Waals surface area (Å²) in [5.41, 5.74) is 5.66. The molecule has 1 aliphatic carbocycles. The third kappa shape index (κ3) is 2.43. The number of hydrogen-bond donors (Lipinski definition) is 0. The smallest absolute Gasteiger partial charge is 0.137 e. The lowest BCUT2D eigenvalue weighted by Gasteiger charge is -2.30. The molecule has 0 amide bonds. The molecule has 0 N–H and O–H groups in total. The Hall–Kier alpha value is -2.48.